The Balaban J connectivity index is 1.65. The van der Waals surface area contributed by atoms with Crippen LogP contribution >= 0.6 is 0 Å². The van der Waals surface area contributed by atoms with Gasteiger partial charge in [-0.15, -0.1) is 0 Å². The molecule has 4 aliphatic rings. The maximum absolute atomic E-state index is 11.9. The van der Waals surface area contributed by atoms with E-state index in [2.05, 4.69) is 13.8 Å². The zero-order chi connectivity index (χ0) is 23.4. The summed E-state index contributed by atoms with van der Waals surface area (Å²) in [6.07, 6.45) is 4.98. The minimum Gasteiger partial charge on any atom is -0.462 e. The zero-order valence-electron chi connectivity index (χ0n) is 19.8. The second-order valence-electron chi connectivity index (χ2n) is 10.8. The molecular formula is C25H36O7. The third kappa shape index (κ3) is 3.76. The van der Waals surface area contributed by atoms with Gasteiger partial charge in [-0.1, -0.05) is 25.5 Å². The van der Waals surface area contributed by atoms with Gasteiger partial charge in [0.2, 0.25) is 0 Å². The fourth-order valence-electron chi connectivity index (χ4n) is 7.61. The molecule has 32 heavy (non-hydrogen) atoms. The van der Waals surface area contributed by atoms with Crippen molar-refractivity contribution in [2.75, 3.05) is 0 Å². The van der Waals surface area contributed by atoms with Gasteiger partial charge in [0.25, 0.3) is 0 Å². The van der Waals surface area contributed by atoms with Gasteiger partial charge in [-0.2, -0.15) is 0 Å². The summed E-state index contributed by atoms with van der Waals surface area (Å²) in [6.45, 7) is 8.62. The first-order valence-electron chi connectivity index (χ1n) is 11.9. The topological polar surface area (TPSA) is 99.1 Å². The van der Waals surface area contributed by atoms with Crippen molar-refractivity contribution in [1.82, 2.24) is 0 Å². The van der Waals surface area contributed by atoms with Crippen LogP contribution in [0, 0.1) is 28.6 Å². The van der Waals surface area contributed by atoms with E-state index in [1.807, 2.05) is 6.08 Å². The summed E-state index contributed by atoms with van der Waals surface area (Å²) in [5.74, 6) is -0.660. The smallest absolute Gasteiger partial charge is 0.303 e. The van der Waals surface area contributed by atoms with Gasteiger partial charge in [0.1, 0.15) is 18.3 Å². The molecule has 0 aliphatic heterocycles. The van der Waals surface area contributed by atoms with Crippen molar-refractivity contribution in [2.24, 2.45) is 28.6 Å². The highest BCUT2D eigenvalue weighted by atomic mass is 16.6. The number of hydrogen-bond acceptors (Lipinski definition) is 7. The van der Waals surface area contributed by atoms with Crippen LogP contribution in [0.25, 0.3) is 0 Å². The van der Waals surface area contributed by atoms with Crippen LogP contribution in [0.3, 0.4) is 0 Å². The van der Waals surface area contributed by atoms with E-state index in [9.17, 15) is 19.5 Å². The van der Waals surface area contributed by atoms with Crippen molar-refractivity contribution < 1.29 is 33.7 Å². The number of ether oxygens (including phenoxy) is 3. The quantitative estimate of drug-likeness (QED) is 0.402. The van der Waals surface area contributed by atoms with E-state index < -0.39 is 18.3 Å². The van der Waals surface area contributed by atoms with Gasteiger partial charge in [-0.05, 0) is 55.3 Å². The lowest BCUT2D eigenvalue weighted by atomic mass is 9.47. The number of aliphatic hydroxyl groups excluding tert-OH is 1. The molecule has 0 saturated heterocycles. The summed E-state index contributed by atoms with van der Waals surface area (Å²) in [6, 6.07) is 0. The minimum atomic E-state index is -0.627. The molecule has 4 rings (SSSR count). The van der Waals surface area contributed by atoms with Gasteiger partial charge in [0.05, 0.1) is 6.10 Å². The lowest BCUT2D eigenvalue weighted by molar-refractivity contribution is -0.174. The minimum absolute atomic E-state index is 0.00592. The van der Waals surface area contributed by atoms with Crippen LogP contribution in [0.1, 0.15) is 73.1 Å². The molecular weight excluding hydrogens is 412 g/mol. The first-order valence-corrected chi connectivity index (χ1v) is 11.9. The number of fused-ring (bicyclic) bond motifs is 5. The lowest BCUT2D eigenvalue weighted by Crippen LogP contribution is -2.55. The molecule has 7 heteroatoms. The molecule has 0 aromatic carbocycles. The summed E-state index contributed by atoms with van der Waals surface area (Å²) < 4.78 is 16.8. The Bertz CT molecular complexity index is 834. The number of rotatable bonds is 3. The molecule has 9 atom stereocenters. The average Bonchev–Trinajstić information content (AvgIpc) is 2.93. The number of carbonyl (C=O) groups is 3. The molecule has 7 nitrogen and oxygen atoms in total. The summed E-state index contributed by atoms with van der Waals surface area (Å²) >= 11 is 0. The van der Waals surface area contributed by atoms with Gasteiger partial charge in [-0.3, -0.25) is 14.4 Å². The van der Waals surface area contributed by atoms with Crippen LogP contribution in [-0.2, 0) is 28.6 Å². The maximum Gasteiger partial charge on any atom is 0.303 e. The summed E-state index contributed by atoms with van der Waals surface area (Å²) in [5, 5.41) is 11.3. The Labute approximate surface area is 189 Å². The predicted molar refractivity (Wildman–Crippen MR) is 115 cm³/mol. The second kappa shape index (κ2) is 8.15. The van der Waals surface area contributed by atoms with Crippen LogP contribution in [0.4, 0.5) is 0 Å². The Morgan fingerprint density at radius 3 is 2.22 bits per heavy atom. The van der Waals surface area contributed by atoms with Gasteiger partial charge < -0.3 is 19.3 Å². The third-order valence-corrected chi connectivity index (χ3v) is 8.94. The van der Waals surface area contributed by atoms with Gasteiger partial charge in [0.15, 0.2) is 0 Å². The Kier molecular flexibility index (Phi) is 5.93. The molecule has 0 bridgehead atoms. The fraction of sp³-hybridized carbons (Fsp3) is 0.800. The van der Waals surface area contributed by atoms with Crippen molar-refractivity contribution in [1.29, 1.82) is 0 Å². The summed E-state index contributed by atoms with van der Waals surface area (Å²) in [5.41, 5.74) is 0.779. The number of hydrogen-bond donors (Lipinski definition) is 1. The lowest BCUT2D eigenvalue weighted by Gasteiger charge is -2.58. The Hall–Kier alpha value is -1.89. The second-order valence-corrected chi connectivity index (χ2v) is 10.8. The molecule has 0 aromatic rings. The van der Waals surface area contributed by atoms with E-state index in [1.165, 1.54) is 26.3 Å². The summed E-state index contributed by atoms with van der Waals surface area (Å²) in [7, 11) is 0. The first kappa shape index (κ1) is 23.3. The van der Waals surface area contributed by atoms with Crippen molar-refractivity contribution in [3.63, 3.8) is 0 Å². The molecule has 178 valence electrons. The molecule has 3 saturated carbocycles. The molecule has 4 aliphatic carbocycles. The first-order chi connectivity index (χ1) is 15.0. The molecule has 0 spiro atoms. The third-order valence-electron chi connectivity index (χ3n) is 8.94. The van der Waals surface area contributed by atoms with Crippen molar-refractivity contribution >= 4 is 17.9 Å². The molecule has 3 fully saturated rings. The van der Waals surface area contributed by atoms with Crippen molar-refractivity contribution in [3.8, 4) is 0 Å². The summed E-state index contributed by atoms with van der Waals surface area (Å²) in [4.78, 5) is 35.1. The van der Waals surface area contributed by atoms with E-state index in [-0.39, 0.29) is 52.6 Å². The van der Waals surface area contributed by atoms with Gasteiger partial charge in [-0.25, -0.2) is 0 Å². The normalized spacial score (nSPS) is 44.9. The highest BCUT2D eigenvalue weighted by Gasteiger charge is 2.65. The number of aliphatic hydroxyl groups is 1. The van der Waals surface area contributed by atoms with Crippen LogP contribution < -0.4 is 0 Å². The monoisotopic (exact) mass is 448 g/mol. The predicted octanol–water partition coefficient (Wildman–Crippen LogP) is 3.33. The number of esters is 3. The van der Waals surface area contributed by atoms with E-state index in [1.54, 1.807) is 0 Å². The maximum atomic E-state index is 11.9. The highest BCUT2D eigenvalue weighted by Crippen LogP contribution is 2.65. The number of carbonyl (C=O) groups excluding carboxylic acids is 3. The van der Waals surface area contributed by atoms with E-state index in [4.69, 9.17) is 14.2 Å². The van der Waals surface area contributed by atoms with Gasteiger partial charge >= 0.3 is 17.9 Å². The highest BCUT2D eigenvalue weighted by molar-refractivity contribution is 5.67. The van der Waals surface area contributed by atoms with Crippen molar-refractivity contribution in [3.05, 3.63) is 11.6 Å². The van der Waals surface area contributed by atoms with Gasteiger partial charge in [0, 0.05) is 32.6 Å². The van der Waals surface area contributed by atoms with E-state index >= 15 is 0 Å². The van der Waals surface area contributed by atoms with Crippen LogP contribution in [0.5, 0.6) is 0 Å². The standard InChI is InChI=1S/C25H36O7/c1-13(26)30-17-6-8-24(4)16(10-17)11-20(29)22-18(24)7-9-25(5)19(22)12-21(31-14(2)27)23(25)32-15(3)28/h11,17-23,29H,6-10,12H2,1-5H3/t17-,18?,19?,20-,21-,22?,23+,24+,25+/m1/s1. The molecule has 0 aromatic heterocycles. The van der Waals surface area contributed by atoms with Crippen molar-refractivity contribution in [2.45, 2.75) is 97.6 Å². The molecule has 1 N–H and O–H groups in total. The molecule has 0 radical (unpaired) electrons. The fourth-order valence-corrected chi connectivity index (χ4v) is 7.61. The average molecular weight is 449 g/mol. The van der Waals surface area contributed by atoms with E-state index in [0.29, 0.717) is 12.8 Å². The molecule has 0 amide bonds. The Morgan fingerprint density at radius 2 is 1.59 bits per heavy atom. The largest absolute Gasteiger partial charge is 0.462 e. The van der Waals surface area contributed by atoms with Crippen LogP contribution in [0.2, 0.25) is 0 Å². The molecule has 0 heterocycles. The SMILES string of the molecule is CC(=O)O[C@@H]1CC[C@@]2(C)C(=C[C@@H](O)C3C2CC[C@@]2(C)C3C[C@@H](OC(C)=O)[C@@H]2OC(C)=O)C1. The van der Waals surface area contributed by atoms with Crippen LogP contribution in [-0.4, -0.2) is 47.4 Å². The Morgan fingerprint density at radius 1 is 0.938 bits per heavy atom. The van der Waals surface area contributed by atoms with Crippen LogP contribution in [0.15, 0.2) is 11.6 Å². The van der Waals surface area contributed by atoms with E-state index in [0.717, 1.165) is 25.7 Å². The zero-order valence-corrected chi connectivity index (χ0v) is 19.8. The molecule has 3 unspecified atom stereocenters.